The van der Waals surface area contributed by atoms with Gasteiger partial charge in [0, 0.05) is 12.4 Å². The summed E-state index contributed by atoms with van der Waals surface area (Å²) in [7, 11) is 0. The Bertz CT molecular complexity index is 874. The number of hydrogen-bond donors (Lipinski definition) is 0. The van der Waals surface area contributed by atoms with Crippen molar-refractivity contribution in [2.75, 3.05) is 0 Å². The van der Waals surface area contributed by atoms with Gasteiger partial charge in [0.2, 0.25) is 0 Å². The number of rotatable bonds is 3. The van der Waals surface area contributed by atoms with Crippen molar-refractivity contribution in [2.45, 2.75) is 0 Å². The van der Waals surface area contributed by atoms with Crippen LogP contribution >= 0.6 is 0 Å². The van der Waals surface area contributed by atoms with Gasteiger partial charge in [0.05, 0.1) is 34.2 Å². The molecule has 4 heterocycles. The smallest absolute Gasteiger partial charge is 0.116 e. The Labute approximate surface area is 139 Å². The van der Waals surface area contributed by atoms with E-state index in [1.807, 2.05) is 60.7 Å². The molecule has 0 atom stereocenters. The molecule has 5 heteroatoms. The molecule has 114 valence electrons. The summed E-state index contributed by atoms with van der Waals surface area (Å²) in [5, 5.41) is 0. The van der Waals surface area contributed by atoms with Crippen LogP contribution in [-0.2, 0) is 0 Å². The summed E-state index contributed by atoms with van der Waals surface area (Å²) >= 11 is 0. The predicted molar refractivity (Wildman–Crippen MR) is 91.7 cm³/mol. The average Bonchev–Trinajstić information content (AvgIpc) is 2.70. The van der Waals surface area contributed by atoms with Crippen molar-refractivity contribution in [3.05, 3.63) is 79.4 Å². The van der Waals surface area contributed by atoms with E-state index < -0.39 is 0 Å². The van der Waals surface area contributed by atoms with Gasteiger partial charge in [0.15, 0.2) is 0 Å². The molecule has 0 spiro atoms. The summed E-state index contributed by atoms with van der Waals surface area (Å²) in [5.74, 6) is 0. The largest absolute Gasteiger partial charge is 0.255 e. The van der Waals surface area contributed by atoms with E-state index in [1.54, 1.807) is 12.4 Å². The second kappa shape index (κ2) is 6.34. The van der Waals surface area contributed by atoms with E-state index in [0.29, 0.717) is 0 Å². The van der Waals surface area contributed by atoms with Crippen LogP contribution in [0.2, 0.25) is 0 Å². The lowest BCUT2D eigenvalue weighted by atomic mass is 10.1. The van der Waals surface area contributed by atoms with Crippen molar-refractivity contribution in [1.29, 1.82) is 0 Å². The standard InChI is InChI=1S/C19H13N5/c1-3-10-20-14(6-1)16-8-5-9-17(24-16)19-12-18(22-13-23-19)15-7-2-4-11-21-15/h1-13H. The Kier molecular flexibility index (Phi) is 3.73. The molecule has 0 radical (unpaired) electrons. The van der Waals surface area contributed by atoms with Crippen molar-refractivity contribution >= 4 is 0 Å². The first-order chi connectivity index (χ1) is 11.9. The topological polar surface area (TPSA) is 64.5 Å². The Morgan fingerprint density at radius 1 is 0.458 bits per heavy atom. The first-order valence-electron chi connectivity index (χ1n) is 7.52. The maximum atomic E-state index is 4.67. The van der Waals surface area contributed by atoms with Crippen LogP contribution in [0.3, 0.4) is 0 Å². The van der Waals surface area contributed by atoms with E-state index in [9.17, 15) is 0 Å². The second-order valence-electron chi connectivity index (χ2n) is 5.13. The van der Waals surface area contributed by atoms with Crippen LogP contribution in [0.4, 0.5) is 0 Å². The monoisotopic (exact) mass is 311 g/mol. The van der Waals surface area contributed by atoms with Gasteiger partial charge in [-0.25, -0.2) is 15.0 Å². The lowest BCUT2D eigenvalue weighted by Gasteiger charge is -2.05. The lowest BCUT2D eigenvalue weighted by Crippen LogP contribution is -1.94. The molecule has 0 amide bonds. The number of pyridine rings is 3. The molecule has 0 saturated carbocycles. The summed E-state index contributed by atoms with van der Waals surface area (Å²) in [5.41, 5.74) is 4.75. The minimum atomic E-state index is 0.753. The fraction of sp³-hybridized carbons (Fsp3) is 0. The van der Waals surface area contributed by atoms with Gasteiger partial charge in [-0.3, -0.25) is 9.97 Å². The maximum Gasteiger partial charge on any atom is 0.116 e. The lowest BCUT2D eigenvalue weighted by molar-refractivity contribution is 1.14. The van der Waals surface area contributed by atoms with E-state index >= 15 is 0 Å². The highest BCUT2D eigenvalue weighted by molar-refractivity contribution is 5.65. The summed E-state index contributed by atoms with van der Waals surface area (Å²) in [6.07, 6.45) is 5.04. The summed E-state index contributed by atoms with van der Waals surface area (Å²) in [4.78, 5) is 22.0. The van der Waals surface area contributed by atoms with E-state index in [4.69, 9.17) is 0 Å². The predicted octanol–water partition coefficient (Wildman–Crippen LogP) is 3.66. The van der Waals surface area contributed by atoms with Crippen LogP contribution in [0, 0.1) is 0 Å². The van der Waals surface area contributed by atoms with Crippen molar-refractivity contribution in [1.82, 2.24) is 24.9 Å². The van der Waals surface area contributed by atoms with E-state index in [-0.39, 0.29) is 0 Å². The molecule has 0 fully saturated rings. The summed E-state index contributed by atoms with van der Waals surface area (Å²) in [6.45, 7) is 0. The molecule has 0 bridgehead atoms. The third-order valence-corrected chi connectivity index (χ3v) is 3.53. The molecule has 4 rings (SSSR count). The van der Waals surface area contributed by atoms with Crippen molar-refractivity contribution < 1.29 is 0 Å². The number of aromatic nitrogens is 5. The molecule has 0 aromatic carbocycles. The maximum absolute atomic E-state index is 4.67. The van der Waals surface area contributed by atoms with Crippen LogP contribution in [-0.4, -0.2) is 24.9 Å². The van der Waals surface area contributed by atoms with Crippen molar-refractivity contribution in [3.63, 3.8) is 0 Å². The number of nitrogens with zero attached hydrogens (tertiary/aromatic N) is 5. The van der Waals surface area contributed by atoms with Gasteiger partial charge in [0.1, 0.15) is 6.33 Å². The SMILES string of the molecule is c1ccc(-c2cc(-c3cccc(-c4ccccn4)n3)ncn2)nc1. The molecule has 24 heavy (non-hydrogen) atoms. The molecule has 0 N–H and O–H groups in total. The molecule has 0 aliphatic rings. The normalized spacial score (nSPS) is 10.5. The molecular weight excluding hydrogens is 298 g/mol. The van der Waals surface area contributed by atoms with Gasteiger partial charge in [-0.2, -0.15) is 0 Å². The Balaban J connectivity index is 1.75. The zero-order valence-corrected chi connectivity index (χ0v) is 12.7. The van der Waals surface area contributed by atoms with E-state index in [2.05, 4.69) is 24.9 Å². The van der Waals surface area contributed by atoms with Crippen LogP contribution in [0.1, 0.15) is 0 Å². The van der Waals surface area contributed by atoms with Crippen LogP contribution < -0.4 is 0 Å². The van der Waals surface area contributed by atoms with Gasteiger partial charge in [-0.15, -0.1) is 0 Å². The molecule has 0 unspecified atom stereocenters. The zero-order valence-electron chi connectivity index (χ0n) is 12.7. The molecule has 4 aromatic heterocycles. The van der Waals surface area contributed by atoms with Crippen molar-refractivity contribution in [2.24, 2.45) is 0 Å². The fourth-order valence-corrected chi connectivity index (χ4v) is 2.39. The van der Waals surface area contributed by atoms with Gasteiger partial charge in [-0.1, -0.05) is 18.2 Å². The molecule has 0 aliphatic heterocycles. The Morgan fingerprint density at radius 2 is 1.00 bits per heavy atom. The highest BCUT2D eigenvalue weighted by Gasteiger charge is 2.08. The molecule has 0 saturated heterocycles. The summed E-state index contributed by atoms with van der Waals surface area (Å²) in [6, 6.07) is 19.2. The van der Waals surface area contributed by atoms with Gasteiger partial charge >= 0.3 is 0 Å². The fourth-order valence-electron chi connectivity index (χ4n) is 2.39. The van der Waals surface area contributed by atoms with Gasteiger partial charge in [0.25, 0.3) is 0 Å². The Hall–Kier alpha value is -3.47. The van der Waals surface area contributed by atoms with Crippen molar-refractivity contribution in [3.8, 4) is 34.2 Å². The third kappa shape index (κ3) is 2.87. The minimum Gasteiger partial charge on any atom is -0.255 e. The van der Waals surface area contributed by atoms with Gasteiger partial charge < -0.3 is 0 Å². The highest BCUT2D eigenvalue weighted by Crippen LogP contribution is 2.22. The number of hydrogen-bond acceptors (Lipinski definition) is 5. The summed E-state index contributed by atoms with van der Waals surface area (Å²) < 4.78 is 0. The van der Waals surface area contributed by atoms with E-state index in [1.165, 1.54) is 6.33 Å². The molecule has 4 aromatic rings. The first kappa shape index (κ1) is 14.1. The quantitative estimate of drug-likeness (QED) is 0.577. The second-order valence-corrected chi connectivity index (χ2v) is 5.13. The van der Waals surface area contributed by atoms with E-state index in [0.717, 1.165) is 34.2 Å². The van der Waals surface area contributed by atoms with Crippen LogP contribution in [0.15, 0.2) is 79.4 Å². The molecule has 0 aliphatic carbocycles. The van der Waals surface area contributed by atoms with Crippen LogP contribution in [0.25, 0.3) is 34.2 Å². The third-order valence-electron chi connectivity index (χ3n) is 3.53. The highest BCUT2D eigenvalue weighted by atomic mass is 14.9. The minimum absolute atomic E-state index is 0.753. The average molecular weight is 311 g/mol. The Morgan fingerprint density at radius 3 is 1.62 bits per heavy atom. The molecule has 5 nitrogen and oxygen atoms in total. The first-order valence-corrected chi connectivity index (χ1v) is 7.52. The van der Waals surface area contributed by atoms with Crippen LogP contribution in [0.5, 0.6) is 0 Å². The molecular formula is C19H13N5. The van der Waals surface area contributed by atoms with Gasteiger partial charge in [-0.05, 0) is 42.5 Å². The zero-order chi connectivity index (χ0) is 16.2.